The average Bonchev–Trinajstić information content (AvgIpc) is 3.22. The Balaban J connectivity index is 1.71. The van der Waals surface area contributed by atoms with Gasteiger partial charge in [-0.3, -0.25) is 9.52 Å². The van der Waals surface area contributed by atoms with E-state index in [2.05, 4.69) is 22.2 Å². The van der Waals surface area contributed by atoms with E-state index in [0.717, 1.165) is 28.9 Å². The molecule has 0 aliphatic carbocycles. The van der Waals surface area contributed by atoms with Crippen molar-refractivity contribution in [3.63, 3.8) is 0 Å². The number of hydrogen-bond acceptors (Lipinski definition) is 4. The van der Waals surface area contributed by atoms with Crippen molar-refractivity contribution in [1.82, 2.24) is 5.32 Å². The molecule has 2 aromatic carbocycles. The molecule has 1 amide bonds. The lowest BCUT2D eigenvalue weighted by molar-refractivity contribution is 0.0935. The minimum Gasteiger partial charge on any atom is -0.345 e. The first kappa shape index (κ1) is 21.1. The molecule has 0 aliphatic rings. The van der Waals surface area contributed by atoms with Crippen LogP contribution in [-0.4, -0.2) is 14.3 Å². The molecule has 0 aliphatic heterocycles. The second-order valence-electron chi connectivity index (χ2n) is 6.91. The highest BCUT2D eigenvalue weighted by Gasteiger charge is 2.17. The van der Waals surface area contributed by atoms with E-state index in [9.17, 15) is 13.2 Å². The van der Waals surface area contributed by atoms with Gasteiger partial charge in [-0.2, -0.15) is 0 Å². The maximum atomic E-state index is 12.7. The Morgan fingerprint density at radius 2 is 1.79 bits per heavy atom. The van der Waals surface area contributed by atoms with E-state index in [1.807, 2.05) is 26.8 Å². The lowest BCUT2D eigenvalue weighted by atomic mass is 9.97. The van der Waals surface area contributed by atoms with Gasteiger partial charge in [-0.05, 0) is 67.1 Å². The van der Waals surface area contributed by atoms with Crippen LogP contribution >= 0.6 is 11.3 Å². The Bertz CT molecular complexity index is 1090. The van der Waals surface area contributed by atoms with Gasteiger partial charge in [0.2, 0.25) is 0 Å². The Morgan fingerprint density at radius 1 is 1.07 bits per heavy atom. The fourth-order valence-electron chi connectivity index (χ4n) is 3.17. The van der Waals surface area contributed by atoms with Gasteiger partial charge in [0.1, 0.15) is 4.21 Å². The molecule has 5 nitrogen and oxygen atoms in total. The highest BCUT2D eigenvalue weighted by atomic mass is 32.2. The molecule has 0 saturated carbocycles. The first-order valence-corrected chi connectivity index (χ1v) is 11.7. The number of anilines is 1. The van der Waals surface area contributed by atoms with Gasteiger partial charge >= 0.3 is 0 Å². The van der Waals surface area contributed by atoms with E-state index in [-0.39, 0.29) is 16.2 Å². The number of carbonyl (C=O) groups excluding carboxylic acids is 1. The second-order valence-corrected chi connectivity index (χ2v) is 9.77. The number of hydrogen-bond donors (Lipinski definition) is 2. The molecule has 7 heteroatoms. The van der Waals surface area contributed by atoms with E-state index in [1.165, 1.54) is 5.56 Å². The van der Waals surface area contributed by atoms with E-state index in [0.29, 0.717) is 11.3 Å². The number of nitrogens with one attached hydrogen (secondary N) is 2. The number of rotatable bonds is 7. The summed E-state index contributed by atoms with van der Waals surface area (Å²) in [6.07, 6.45) is 0.772. The Hall–Kier alpha value is -2.64. The Labute approximate surface area is 175 Å². The van der Waals surface area contributed by atoms with Crippen LogP contribution in [0.5, 0.6) is 0 Å². The fraction of sp³-hybridized carbons (Fsp3) is 0.227. The van der Waals surface area contributed by atoms with Gasteiger partial charge in [0.25, 0.3) is 15.9 Å². The highest BCUT2D eigenvalue weighted by Crippen LogP contribution is 2.23. The van der Waals surface area contributed by atoms with Crippen LogP contribution in [0.2, 0.25) is 0 Å². The molecule has 29 heavy (non-hydrogen) atoms. The quantitative estimate of drug-likeness (QED) is 0.553. The summed E-state index contributed by atoms with van der Waals surface area (Å²) in [6.45, 7) is 6.13. The predicted octanol–water partition coefficient (Wildman–Crippen LogP) is 5.05. The fourth-order valence-corrected chi connectivity index (χ4v) is 5.22. The third kappa shape index (κ3) is 5.05. The van der Waals surface area contributed by atoms with Gasteiger partial charge in [0.15, 0.2) is 0 Å². The Kier molecular flexibility index (Phi) is 6.39. The average molecular weight is 429 g/mol. The van der Waals surface area contributed by atoms with Gasteiger partial charge < -0.3 is 5.32 Å². The molecular formula is C22H24N2O3S2. The molecule has 0 fully saturated rings. The first-order chi connectivity index (χ1) is 13.8. The van der Waals surface area contributed by atoms with Crippen LogP contribution in [0.25, 0.3) is 0 Å². The zero-order valence-corrected chi connectivity index (χ0v) is 18.2. The van der Waals surface area contributed by atoms with E-state index < -0.39 is 10.0 Å². The molecule has 3 aromatic rings. The van der Waals surface area contributed by atoms with Crippen LogP contribution in [-0.2, 0) is 10.0 Å². The highest BCUT2D eigenvalue weighted by molar-refractivity contribution is 7.94. The normalized spacial score (nSPS) is 12.4. The van der Waals surface area contributed by atoms with Crippen molar-refractivity contribution in [3.05, 3.63) is 82.2 Å². The molecule has 152 valence electrons. The van der Waals surface area contributed by atoms with Gasteiger partial charge in [-0.15, -0.1) is 11.3 Å². The van der Waals surface area contributed by atoms with Crippen molar-refractivity contribution in [2.75, 3.05) is 4.72 Å². The van der Waals surface area contributed by atoms with Crippen molar-refractivity contribution in [2.24, 2.45) is 0 Å². The van der Waals surface area contributed by atoms with Crippen LogP contribution in [0, 0.1) is 13.8 Å². The SMILES string of the molecule is CC[C@@H](NC(=O)c1ccc(NS(=O)(=O)c2cccs2)cc1)c1ccc(C)cc1C. The van der Waals surface area contributed by atoms with Crippen LogP contribution in [0.1, 0.15) is 46.4 Å². The van der Waals surface area contributed by atoms with Gasteiger partial charge in [-0.1, -0.05) is 36.8 Å². The molecule has 2 N–H and O–H groups in total. The van der Waals surface area contributed by atoms with Crippen LogP contribution in [0.15, 0.2) is 64.2 Å². The molecule has 1 heterocycles. The lowest BCUT2D eigenvalue weighted by Crippen LogP contribution is -2.28. The monoisotopic (exact) mass is 428 g/mol. The molecule has 0 bridgehead atoms. The summed E-state index contributed by atoms with van der Waals surface area (Å²) < 4.78 is 27.4. The van der Waals surface area contributed by atoms with Crippen LogP contribution in [0.3, 0.4) is 0 Å². The number of thiophene rings is 1. The number of amides is 1. The third-order valence-electron chi connectivity index (χ3n) is 4.67. The zero-order chi connectivity index (χ0) is 21.0. The molecule has 1 aromatic heterocycles. The summed E-state index contributed by atoms with van der Waals surface area (Å²) >= 11 is 1.15. The van der Waals surface area contributed by atoms with Crippen LogP contribution in [0.4, 0.5) is 5.69 Å². The lowest BCUT2D eigenvalue weighted by Gasteiger charge is -2.20. The van der Waals surface area contributed by atoms with E-state index >= 15 is 0 Å². The maximum absolute atomic E-state index is 12.7. The van der Waals surface area contributed by atoms with Crippen molar-refractivity contribution >= 4 is 33.0 Å². The smallest absolute Gasteiger partial charge is 0.271 e. The Morgan fingerprint density at radius 3 is 2.38 bits per heavy atom. The summed E-state index contributed by atoms with van der Waals surface area (Å²) in [5, 5.41) is 4.78. The van der Waals surface area contributed by atoms with Crippen LogP contribution < -0.4 is 10.0 Å². The van der Waals surface area contributed by atoms with Gasteiger partial charge in [-0.25, -0.2) is 8.42 Å². The van der Waals surface area contributed by atoms with Gasteiger partial charge in [0.05, 0.1) is 6.04 Å². The number of sulfonamides is 1. The largest absolute Gasteiger partial charge is 0.345 e. The van der Waals surface area contributed by atoms with Crippen molar-refractivity contribution in [3.8, 4) is 0 Å². The van der Waals surface area contributed by atoms with E-state index in [1.54, 1.807) is 41.8 Å². The van der Waals surface area contributed by atoms with E-state index in [4.69, 9.17) is 0 Å². The number of aryl methyl sites for hydroxylation is 2. The number of benzene rings is 2. The molecule has 0 radical (unpaired) electrons. The second kappa shape index (κ2) is 8.80. The van der Waals surface area contributed by atoms with Crippen molar-refractivity contribution < 1.29 is 13.2 Å². The minimum absolute atomic E-state index is 0.0832. The van der Waals surface area contributed by atoms with Crippen molar-refractivity contribution in [2.45, 2.75) is 37.4 Å². The van der Waals surface area contributed by atoms with Gasteiger partial charge in [0, 0.05) is 11.3 Å². The summed E-state index contributed by atoms with van der Waals surface area (Å²) in [4.78, 5) is 12.7. The molecule has 0 unspecified atom stereocenters. The summed E-state index contributed by atoms with van der Waals surface area (Å²) in [5.74, 6) is -0.190. The molecule has 0 saturated heterocycles. The molecule has 1 atom stereocenters. The third-order valence-corrected chi connectivity index (χ3v) is 7.45. The summed E-state index contributed by atoms with van der Waals surface area (Å²) in [5.41, 5.74) is 4.33. The standard InChI is InChI=1S/C22H24N2O3S2/c1-4-20(19-12-7-15(2)14-16(19)3)23-22(25)17-8-10-18(11-9-17)24-29(26,27)21-6-5-13-28-21/h5-14,20,24H,4H2,1-3H3,(H,23,25)/t20-/m1/s1. The zero-order valence-electron chi connectivity index (χ0n) is 16.6. The van der Waals surface area contributed by atoms with Crippen molar-refractivity contribution in [1.29, 1.82) is 0 Å². The minimum atomic E-state index is -3.60. The molecular weight excluding hydrogens is 404 g/mol. The topological polar surface area (TPSA) is 75.3 Å². The molecule has 0 spiro atoms. The maximum Gasteiger partial charge on any atom is 0.271 e. The first-order valence-electron chi connectivity index (χ1n) is 9.34. The summed E-state index contributed by atoms with van der Waals surface area (Å²) in [6, 6.07) is 15.8. The number of carbonyl (C=O) groups is 1. The molecule has 3 rings (SSSR count). The predicted molar refractivity (Wildman–Crippen MR) is 118 cm³/mol. The summed E-state index contributed by atoms with van der Waals surface area (Å²) in [7, 11) is -3.60.